The fourth-order valence-electron chi connectivity index (χ4n) is 3.00. The smallest absolute Gasteiger partial charge is 0.244 e. The SMILES string of the molecule is CNC(=O)C1Cc2ccccc2CN1S(=O)(=O)c1cccc(C#N)c1. The summed E-state index contributed by atoms with van der Waals surface area (Å²) < 4.78 is 27.5. The van der Waals surface area contributed by atoms with Gasteiger partial charge in [-0.25, -0.2) is 8.42 Å². The van der Waals surface area contributed by atoms with Crippen LogP contribution in [0.2, 0.25) is 0 Å². The summed E-state index contributed by atoms with van der Waals surface area (Å²) in [6.45, 7) is 0.118. The number of rotatable bonds is 3. The van der Waals surface area contributed by atoms with Crippen molar-refractivity contribution in [2.24, 2.45) is 0 Å². The van der Waals surface area contributed by atoms with Crippen LogP contribution in [0.4, 0.5) is 0 Å². The molecule has 0 aromatic heterocycles. The number of benzene rings is 2. The van der Waals surface area contributed by atoms with E-state index in [0.717, 1.165) is 11.1 Å². The molecule has 0 fully saturated rings. The summed E-state index contributed by atoms with van der Waals surface area (Å²) in [4.78, 5) is 12.3. The Balaban J connectivity index is 2.08. The molecule has 1 aliphatic rings. The van der Waals surface area contributed by atoms with Gasteiger partial charge in [-0.2, -0.15) is 9.57 Å². The quantitative estimate of drug-likeness (QED) is 0.901. The van der Waals surface area contributed by atoms with Crippen LogP contribution < -0.4 is 5.32 Å². The summed E-state index contributed by atoms with van der Waals surface area (Å²) in [7, 11) is -2.43. The number of nitrogens with zero attached hydrogens (tertiary/aromatic N) is 2. The number of fused-ring (bicyclic) bond motifs is 1. The molecule has 0 spiro atoms. The number of hydrogen-bond acceptors (Lipinski definition) is 4. The van der Waals surface area contributed by atoms with E-state index in [1.54, 1.807) is 6.07 Å². The average molecular weight is 355 g/mol. The van der Waals surface area contributed by atoms with Crippen molar-refractivity contribution in [3.63, 3.8) is 0 Å². The number of carbonyl (C=O) groups excluding carboxylic acids is 1. The number of nitriles is 1. The maximum Gasteiger partial charge on any atom is 0.244 e. The Kier molecular flexibility index (Phi) is 4.57. The molecule has 1 unspecified atom stereocenters. The second kappa shape index (κ2) is 6.67. The monoisotopic (exact) mass is 355 g/mol. The number of likely N-dealkylation sites (N-methyl/N-ethyl adjacent to an activating group) is 1. The molecule has 6 nitrogen and oxygen atoms in total. The number of nitrogens with one attached hydrogen (secondary N) is 1. The molecule has 128 valence electrons. The molecule has 0 aliphatic carbocycles. The van der Waals surface area contributed by atoms with Gasteiger partial charge in [-0.05, 0) is 35.7 Å². The number of sulfonamides is 1. The Hall–Kier alpha value is -2.69. The Morgan fingerprint density at radius 2 is 1.92 bits per heavy atom. The van der Waals surface area contributed by atoms with Gasteiger partial charge >= 0.3 is 0 Å². The van der Waals surface area contributed by atoms with Crippen LogP contribution in [-0.4, -0.2) is 31.7 Å². The van der Waals surface area contributed by atoms with Crippen LogP contribution in [0.25, 0.3) is 0 Å². The molecule has 2 aromatic carbocycles. The first-order valence-electron chi connectivity index (χ1n) is 7.77. The van der Waals surface area contributed by atoms with E-state index in [4.69, 9.17) is 5.26 Å². The Bertz CT molecular complexity index is 964. The minimum Gasteiger partial charge on any atom is -0.358 e. The first-order valence-corrected chi connectivity index (χ1v) is 9.22. The van der Waals surface area contributed by atoms with Crippen LogP contribution >= 0.6 is 0 Å². The highest BCUT2D eigenvalue weighted by molar-refractivity contribution is 7.89. The fraction of sp³-hybridized carbons (Fsp3) is 0.222. The summed E-state index contributed by atoms with van der Waals surface area (Å²) >= 11 is 0. The Morgan fingerprint density at radius 1 is 1.20 bits per heavy atom. The van der Waals surface area contributed by atoms with Crippen molar-refractivity contribution < 1.29 is 13.2 Å². The predicted octanol–water partition coefficient (Wildman–Crippen LogP) is 1.42. The maximum absolute atomic E-state index is 13.1. The lowest BCUT2D eigenvalue weighted by molar-refractivity contribution is -0.124. The molecule has 1 heterocycles. The van der Waals surface area contributed by atoms with Crippen LogP contribution in [0, 0.1) is 11.3 Å². The highest BCUT2D eigenvalue weighted by Gasteiger charge is 2.39. The summed E-state index contributed by atoms with van der Waals surface area (Å²) in [5, 5.41) is 11.6. The van der Waals surface area contributed by atoms with Gasteiger partial charge in [-0.1, -0.05) is 30.3 Å². The van der Waals surface area contributed by atoms with Gasteiger partial charge in [-0.3, -0.25) is 4.79 Å². The average Bonchev–Trinajstić information content (AvgIpc) is 2.66. The van der Waals surface area contributed by atoms with Gasteiger partial charge in [0.25, 0.3) is 0 Å². The van der Waals surface area contributed by atoms with Gasteiger partial charge in [0.2, 0.25) is 15.9 Å². The number of hydrogen-bond donors (Lipinski definition) is 1. The number of carbonyl (C=O) groups is 1. The van der Waals surface area contributed by atoms with Crippen molar-refractivity contribution in [3.8, 4) is 6.07 Å². The van der Waals surface area contributed by atoms with Crippen LogP contribution in [0.3, 0.4) is 0 Å². The van der Waals surface area contributed by atoms with Crippen LogP contribution in [-0.2, 0) is 27.8 Å². The molecule has 7 heteroatoms. The lowest BCUT2D eigenvalue weighted by Gasteiger charge is -2.34. The topological polar surface area (TPSA) is 90.3 Å². The predicted molar refractivity (Wildman–Crippen MR) is 91.9 cm³/mol. The molecule has 0 saturated heterocycles. The minimum atomic E-state index is -3.92. The molecule has 3 rings (SSSR count). The summed E-state index contributed by atoms with van der Waals surface area (Å²) in [6, 6.07) is 14.5. The third-order valence-electron chi connectivity index (χ3n) is 4.32. The maximum atomic E-state index is 13.1. The van der Waals surface area contributed by atoms with Crippen molar-refractivity contribution in [3.05, 3.63) is 65.2 Å². The van der Waals surface area contributed by atoms with E-state index in [9.17, 15) is 13.2 Å². The largest absolute Gasteiger partial charge is 0.358 e. The second-order valence-corrected chi connectivity index (χ2v) is 7.68. The Morgan fingerprint density at radius 3 is 2.60 bits per heavy atom. The molecule has 0 saturated carbocycles. The van der Waals surface area contributed by atoms with Gasteiger partial charge in [0.15, 0.2) is 0 Å². The molecular formula is C18H17N3O3S. The lowest BCUT2D eigenvalue weighted by Crippen LogP contribution is -2.51. The van der Waals surface area contributed by atoms with E-state index < -0.39 is 16.1 Å². The summed E-state index contributed by atoms with van der Waals surface area (Å²) in [5.41, 5.74) is 2.10. The molecule has 1 N–H and O–H groups in total. The lowest BCUT2D eigenvalue weighted by atomic mass is 9.95. The van der Waals surface area contributed by atoms with Gasteiger partial charge in [-0.15, -0.1) is 0 Å². The standard InChI is InChI=1S/C18H17N3O3S/c1-20-18(22)17-10-14-6-2-3-7-15(14)12-21(17)25(23,24)16-8-4-5-13(9-16)11-19/h2-9,17H,10,12H2,1H3,(H,20,22). The normalized spacial score (nSPS) is 17.4. The van der Waals surface area contributed by atoms with E-state index in [2.05, 4.69) is 5.32 Å². The molecule has 0 radical (unpaired) electrons. The molecule has 25 heavy (non-hydrogen) atoms. The number of amides is 1. The zero-order valence-electron chi connectivity index (χ0n) is 13.6. The molecule has 1 atom stereocenters. The fourth-order valence-corrected chi connectivity index (χ4v) is 4.61. The third-order valence-corrected chi connectivity index (χ3v) is 6.17. The zero-order chi connectivity index (χ0) is 18.0. The highest BCUT2D eigenvalue weighted by Crippen LogP contribution is 2.29. The second-order valence-electron chi connectivity index (χ2n) is 5.79. The van der Waals surface area contributed by atoms with Crippen molar-refractivity contribution in [1.82, 2.24) is 9.62 Å². The minimum absolute atomic E-state index is 0.0137. The first-order chi connectivity index (χ1) is 12.0. The van der Waals surface area contributed by atoms with Crippen molar-refractivity contribution in [1.29, 1.82) is 5.26 Å². The Labute approximate surface area is 146 Å². The van der Waals surface area contributed by atoms with Crippen molar-refractivity contribution in [2.45, 2.75) is 23.9 Å². The van der Waals surface area contributed by atoms with Gasteiger partial charge in [0, 0.05) is 13.6 Å². The molecule has 1 amide bonds. The van der Waals surface area contributed by atoms with E-state index >= 15 is 0 Å². The molecule has 0 bridgehead atoms. The van der Waals surface area contributed by atoms with Gasteiger partial charge in [0.1, 0.15) is 6.04 Å². The van der Waals surface area contributed by atoms with Crippen molar-refractivity contribution >= 4 is 15.9 Å². The van der Waals surface area contributed by atoms with Crippen molar-refractivity contribution in [2.75, 3.05) is 7.05 Å². The van der Waals surface area contributed by atoms with Crippen LogP contribution in [0.15, 0.2) is 53.4 Å². The zero-order valence-corrected chi connectivity index (χ0v) is 14.5. The first kappa shape index (κ1) is 17.1. The summed E-state index contributed by atoms with van der Waals surface area (Å²) in [6.07, 6.45) is 0.313. The van der Waals surface area contributed by atoms with E-state index in [0.29, 0.717) is 6.42 Å². The summed E-state index contributed by atoms with van der Waals surface area (Å²) in [5.74, 6) is -0.352. The molecule has 2 aromatic rings. The molecule has 1 aliphatic heterocycles. The highest BCUT2D eigenvalue weighted by atomic mass is 32.2. The van der Waals surface area contributed by atoms with Gasteiger partial charge < -0.3 is 5.32 Å². The van der Waals surface area contributed by atoms with E-state index in [1.165, 1.54) is 29.6 Å². The van der Waals surface area contributed by atoms with Crippen LogP contribution in [0.1, 0.15) is 16.7 Å². The van der Waals surface area contributed by atoms with Crippen LogP contribution in [0.5, 0.6) is 0 Å². The third kappa shape index (κ3) is 3.14. The van der Waals surface area contributed by atoms with E-state index in [1.807, 2.05) is 30.3 Å². The molecular weight excluding hydrogens is 338 g/mol. The van der Waals surface area contributed by atoms with E-state index in [-0.39, 0.29) is 22.9 Å². The van der Waals surface area contributed by atoms with Gasteiger partial charge in [0.05, 0.1) is 16.5 Å².